The van der Waals surface area contributed by atoms with Crippen LogP contribution in [0.5, 0.6) is 0 Å². The molecule has 2 N–H and O–H groups in total. The number of nitrogens with two attached hydrogens (primary N) is 1. The normalized spacial score (nSPS) is 20.0. The molecular weight excluding hydrogens is 283 g/mol. The van der Waals surface area contributed by atoms with Crippen molar-refractivity contribution >= 4 is 16.7 Å². The van der Waals surface area contributed by atoms with Crippen LogP contribution in [0.2, 0.25) is 0 Å². The molecule has 0 bridgehead atoms. The number of fused-ring (bicyclic) bond motifs is 1. The van der Waals surface area contributed by atoms with E-state index in [-0.39, 0.29) is 22.8 Å². The zero-order chi connectivity index (χ0) is 15.0. The minimum Gasteiger partial charge on any atom is -0.354 e. The summed E-state index contributed by atoms with van der Waals surface area (Å²) >= 11 is 0. The molecule has 3 rings (SSSR count). The molecule has 8 heteroatoms. The Hall–Kier alpha value is -1.96. The summed E-state index contributed by atoms with van der Waals surface area (Å²) in [7, 11) is 0. The zero-order valence-electron chi connectivity index (χ0n) is 11.1. The summed E-state index contributed by atoms with van der Waals surface area (Å²) in [5.74, 6) is 0.282. The number of piperidine rings is 1. The maximum absolute atomic E-state index is 13.2. The van der Waals surface area contributed by atoms with Gasteiger partial charge >= 0.3 is 6.18 Å². The molecule has 0 unspecified atom stereocenters. The highest BCUT2D eigenvalue weighted by Gasteiger charge is 2.35. The van der Waals surface area contributed by atoms with Crippen LogP contribution < -0.4 is 10.6 Å². The van der Waals surface area contributed by atoms with E-state index in [1.165, 1.54) is 12.5 Å². The lowest BCUT2D eigenvalue weighted by Crippen LogP contribution is -2.43. The Balaban J connectivity index is 2.18. The first kappa shape index (κ1) is 14.0. The number of halogens is 3. The van der Waals surface area contributed by atoms with Crippen LogP contribution in [-0.2, 0) is 6.18 Å². The Labute approximate surface area is 119 Å². The van der Waals surface area contributed by atoms with Crippen LogP contribution in [0, 0.1) is 0 Å². The molecule has 21 heavy (non-hydrogen) atoms. The molecule has 112 valence electrons. The second-order valence-electron chi connectivity index (χ2n) is 5.12. The zero-order valence-corrected chi connectivity index (χ0v) is 11.1. The Morgan fingerprint density at radius 2 is 2.05 bits per heavy atom. The number of aromatic nitrogens is 3. The highest BCUT2D eigenvalue weighted by molar-refractivity contribution is 5.92. The van der Waals surface area contributed by atoms with Crippen molar-refractivity contribution in [2.75, 3.05) is 18.0 Å². The number of pyridine rings is 1. The number of nitrogens with zero attached hydrogens (tertiary/aromatic N) is 4. The molecule has 3 heterocycles. The highest BCUT2D eigenvalue weighted by Crippen LogP contribution is 2.37. The van der Waals surface area contributed by atoms with E-state index in [1.807, 2.05) is 0 Å². The van der Waals surface area contributed by atoms with Gasteiger partial charge in [0.05, 0.1) is 22.7 Å². The summed E-state index contributed by atoms with van der Waals surface area (Å²) in [6.45, 7) is 1.13. The van der Waals surface area contributed by atoms with Crippen LogP contribution in [0.1, 0.15) is 18.4 Å². The van der Waals surface area contributed by atoms with Gasteiger partial charge < -0.3 is 10.6 Å². The van der Waals surface area contributed by atoms with E-state index in [1.54, 1.807) is 4.90 Å². The van der Waals surface area contributed by atoms with Gasteiger partial charge in [-0.2, -0.15) is 13.2 Å². The van der Waals surface area contributed by atoms with Crippen molar-refractivity contribution in [2.24, 2.45) is 5.73 Å². The van der Waals surface area contributed by atoms with Gasteiger partial charge in [0.1, 0.15) is 12.1 Å². The largest absolute Gasteiger partial charge is 0.418 e. The topological polar surface area (TPSA) is 67.9 Å². The fraction of sp³-hybridized carbons (Fsp3) is 0.462. The lowest BCUT2D eigenvalue weighted by Gasteiger charge is -2.32. The van der Waals surface area contributed by atoms with Crippen molar-refractivity contribution in [2.45, 2.75) is 25.1 Å². The molecule has 1 aliphatic rings. The number of hydrogen-bond acceptors (Lipinski definition) is 5. The summed E-state index contributed by atoms with van der Waals surface area (Å²) in [6, 6.07) is -0.0556. The predicted molar refractivity (Wildman–Crippen MR) is 71.8 cm³/mol. The van der Waals surface area contributed by atoms with Gasteiger partial charge in [0.15, 0.2) is 0 Å². The lowest BCUT2D eigenvalue weighted by atomic mass is 10.1. The van der Waals surface area contributed by atoms with Crippen molar-refractivity contribution in [3.63, 3.8) is 0 Å². The molecular formula is C13H14F3N5. The van der Waals surface area contributed by atoms with E-state index in [0.29, 0.717) is 13.1 Å². The van der Waals surface area contributed by atoms with Crippen molar-refractivity contribution in [1.82, 2.24) is 15.0 Å². The third kappa shape index (κ3) is 2.63. The molecule has 1 fully saturated rings. The van der Waals surface area contributed by atoms with Crippen molar-refractivity contribution in [3.05, 3.63) is 24.3 Å². The average Bonchev–Trinajstić information content (AvgIpc) is 2.45. The third-order valence-corrected chi connectivity index (χ3v) is 3.59. The first-order valence-electron chi connectivity index (χ1n) is 6.63. The van der Waals surface area contributed by atoms with E-state index in [9.17, 15) is 13.2 Å². The quantitative estimate of drug-likeness (QED) is 0.871. The lowest BCUT2D eigenvalue weighted by molar-refractivity contribution is -0.136. The molecule has 2 aromatic rings. The summed E-state index contributed by atoms with van der Waals surface area (Å²) in [5, 5.41) is -0.00546. The highest BCUT2D eigenvalue weighted by atomic mass is 19.4. The molecule has 0 spiro atoms. The van der Waals surface area contributed by atoms with Crippen LogP contribution in [0.25, 0.3) is 10.9 Å². The van der Waals surface area contributed by atoms with E-state index < -0.39 is 11.7 Å². The van der Waals surface area contributed by atoms with Gasteiger partial charge in [-0.1, -0.05) is 0 Å². The number of alkyl halides is 3. The van der Waals surface area contributed by atoms with Gasteiger partial charge in [0.25, 0.3) is 0 Å². The smallest absolute Gasteiger partial charge is 0.354 e. The fourth-order valence-electron chi connectivity index (χ4n) is 2.65. The molecule has 1 atom stereocenters. The summed E-state index contributed by atoms with van der Waals surface area (Å²) in [5.41, 5.74) is 5.29. The van der Waals surface area contributed by atoms with Gasteiger partial charge in [-0.3, -0.25) is 4.98 Å². The minimum absolute atomic E-state index is 0.00546. The minimum atomic E-state index is -4.50. The van der Waals surface area contributed by atoms with E-state index in [2.05, 4.69) is 15.0 Å². The molecule has 2 aromatic heterocycles. The Bertz CT molecular complexity index is 653. The maximum Gasteiger partial charge on any atom is 0.418 e. The van der Waals surface area contributed by atoms with Crippen LogP contribution in [0.15, 0.2) is 18.7 Å². The van der Waals surface area contributed by atoms with Gasteiger partial charge in [-0.15, -0.1) is 0 Å². The second kappa shape index (κ2) is 5.10. The molecule has 0 amide bonds. The SMILES string of the molecule is N[C@H]1CCCN(c2ncnc3cncc(C(F)(F)F)c23)C1. The number of rotatable bonds is 1. The molecule has 5 nitrogen and oxygen atoms in total. The van der Waals surface area contributed by atoms with Crippen LogP contribution in [-0.4, -0.2) is 34.1 Å². The van der Waals surface area contributed by atoms with Gasteiger partial charge in [-0.25, -0.2) is 9.97 Å². The fourth-order valence-corrected chi connectivity index (χ4v) is 2.65. The van der Waals surface area contributed by atoms with E-state index in [0.717, 1.165) is 19.0 Å². The first-order chi connectivity index (χ1) is 9.97. The Morgan fingerprint density at radius 1 is 1.24 bits per heavy atom. The molecule has 0 radical (unpaired) electrons. The third-order valence-electron chi connectivity index (χ3n) is 3.59. The van der Waals surface area contributed by atoms with Crippen LogP contribution >= 0.6 is 0 Å². The van der Waals surface area contributed by atoms with E-state index in [4.69, 9.17) is 5.73 Å². The summed E-state index contributed by atoms with van der Waals surface area (Å²) < 4.78 is 39.6. The van der Waals surface area contributed by atoms with Gasteiger partial charge in [0.2, 0.25) is 0 Å². The maximum atomic E-state index is 13.2. The molecule has 0 aromatic carbocycles. The van der Waals surface area contributed by atoms with Crippen LogP contribution in [0.3, 0.4) is 0 Å². The van der Waals surface area contributed by atoms with Gasteiger partial charge in [0, 0.05) is 25.3 Å². The Kier molecular flexibility index (Phi) is 3.40. The Morgan fingerprint density at radius 3 is 2.76 bits per heavy atom. The van der Waals surface area contributed by atoms with E-state index >= 15 is 0 Å². The predicted octanol–water partition coefficient (Wildman–Crippen LogP) is 1.97. The standard InChI is InChI=1S/C13H14F3N5/c14-13(15,16)9-4-18-5-10-11(9)12(20-7-19-10)21-3-1-2-8(17)6-21/h4-5,7-8H,1-3,6,17H2/t8-/m0/s1. The number of anilines is 1. The van der Waals surface area contributed by atoms with Crippen molar-refractivity contribution in [1.29, 1.82) is 0 Å². The van der Waals surface area contributed by atoms with Crippen molar-refractivity contribution in [3.8, 4) is 0 Å². The molecule has 0 saturated carbocycles. The molecule has 1 saturated heterocycles. The summed E-state index contributed by atoms with van der Waals surface area (Å²) in [4.78, 5) is 13.4. The molecule has 0 aliphatic carbocycles. The monoisotopic (exact) mass is 297 g/mol. The summed E-state index contributed by atoms with van der Waals surface area (Å²) in [6.07, 6.45) is 0.606. The molecule has 1 aliphatic heterocycles. The van der Waals surface area contributed by atoms with Gasteiger partial charge in [-0.05, 0) is 12.8 Å². The average molecular weight is 297 g/mol. The van der Waals surface area contributed by atoms with Crippen molar-refractivity contribution < 1.29 is 13.2 Å². The second-order valence-corrected chi connectivity index (χ2v) is 5.12. The number of hydrogen-bond donors (Lipinski definition) is 1. The first-order valence-corrected chi connectivity index (χ1v) is 6.63. The van der Waals surface area contributed by atoms with Crippen LogP contribution in [0.4, 0.5) is 19.0 Å².